The molecular formula is C15H21ClN2OS. The molecule has 110 valence electrons. The van der Waals surface area contributed by atoms with Gasteiger partial charge in [0.1, 0.15) is 11.4 Å². The minimum Gasteiger partial charge on any atom is -0.483 e. The zero-order chi connectivity index (χ0) is 14.8. The quantitative estimate of drug-likeness (QED) is 0.840. The summed E-state index contributed by atoms with van der Waals surface area (Å²) in [4.78, 5) is 2.83. The number of halogens is 1. The summed E-state index contributed by atoms with van der Waals surface area (Å²) in [5.41, 5.74) is 6.53. The average Bonchev–Trinajstić information content (AvgIpc) is 2.44. The molecule has 1 aromatic carbocycles. The number of hydrogen-bond donors (Lipinski definition) is 1. The van der Waals surface area contributed by atoms with Crippen molar-refractivity contribution in [2.75, 3.05) is 18.0 Å². The molecule has 0 saturated heterocycles. The highest BCUT2D eigenvalue weighted by atomic mass is 35.5. The molecule has 2 N–H and O–H groups in total. The van der Waals surface area contributed by atoms with Crippen LogP contribution in [-0.2, 0) is 0 Å². The van der Waals surface area contributed by atoms with Gasteiger partial charge in [0.2, 0.25) is 0 Å². The molecular weight excluding hydrogens is 292 g/mol. The first-order chi connectivity index (χ1) is 9.49. The summed E-state index contributed by atoms with van der Waals surface area (Å²) in [5.74, 6) is 0.896. The van der Waals surface area contributed by atoms with E-state index in [0.29, 0.717) is 16.4 Å². The van der Waals surface area contributed by atoms with Crippen LogP contribution >= 0.6 is 23.8 Å². The summed E-state index contributed by atoms with van der Waals surface area (Å²) in [6, 6.07) is 5.77. The molecule has 0 bridgehead atoms. The molecule has 0 unspecified atom stereocenters. The number of hydrogen-bond acceptors (Lipinski definition) is 3. The summed E-state index contributed by atoms with van der Waals surface area (Å²) < 4.78 is 6.25. The molecule has 0 aliphatic carbocycles. The Balaban J connectivity index is 2.33. The maximum atomic E-state index is 6.25. The molecule has 20 heavy (non-hydrogen) atoms. The van der Waals surface area contributed by atoms with Gasteiger partial charge in [-0.2, -0.15) is 0 Å². The lowest BCUT2D eigenvalue weighted by molar-refractivity contribution is 0.0576. The lowest BCUT2D eigenvalue weighted by Crippen LogP contribution is -2.51. The Bertz CT molecular complexity index is 503. The minimum absolute atomic E-state index is 0.142. The Hall–Kier alpha value is -1.00. The summed E-state index contributed by atoms with van der Waals surface area (Å²) >= 11 is 11.1. The van der Waals surface area contributed by atoms with Gasteiger partial charge in [-0.25, -0.2) is 0 Å². The Labute approximate surface area is 131 Å². The van der Waals surface area contributed by atoms with E-state index in [1.165, 1.54) is 0 Å². The number of nitrogens with two attached hydrogens (primary N) is 1. The van der Waals surface area contributed by atoms with Crippen LogP contribution in [0.4, 0.5) is 5.69 Å². The highest BCUT2D eigenvalue weighted by Gasteiger charge is 2.36. The van der Waals surface area contributed by atoms with Gasteiger partial charge in [-0.05, 0) is 31.0 Å². The van der Waals surface area contributed by atoms with Crippen molar-refractivity contribution in [2.45, 2.75) is 38.7 Å². The first-order valence-electron chi connectivity index (χ1n) is 7.01. The van der Waals surface area contributed by atoms with Crippen LogP contribution < -0.4 is 15.4 Å². The van der Waals surface area contributed by atoms with Crippen molar-refractivity contribution < 1.29 is 4.74 Å². The molecule has 1 aliphatic rings. The molecule has 0 aromatic heterocycles. The lowest BCUT2D eigenvalue weighted by Gasteiger charge is -2.44. The van der Waals surface area contributed by atoms with E-state index in [1.54, 1.807) is 0 Å². The van der Waals surface area contributed by atoms with Crippen LogP contribution in [0.5, 0.6) is 5.75 Å². The smallest absolute Gasteiger partial charge is 0.143 e. The van der Waals surface area contributed by atoms with Crippen molar-refractivity contribution in [3.63, 3.8) is 0 Å². The van der Waals surface area contributed by atoms with Gasteiger partial charge in [0, 0.05) is 18.0 Å². The zero-order valence-electron chi connectivity index (χ0n) is 12.0. The summed E-state index contributed by atoms with van der Waals surface area (Å²) in [6.07, 6.45) is 2.63. The first-order valence-corrected chi connectivity index (χ1v) is 7.80. The number of rotatable bonds is 5. The van der Waals surface area contributed by atoms with E-state index in [0.717, 1.165) is 37.4 Å². The third-order valence-corrected chi connectivity index (χ3v) is 4.42. The molecule has 1 aromatic rings. The maximum absolute atomic E-state index is 6.25. The Morgan fingerprint density at radius 2 is 2.15 bits per heavy atom. The highest BCUT2D eigenvalue weighted by Crippen LogP contribution is 2.41. The van der Waals surface area contributed by atoms with Crippen LogP contribution in [0.1, 0.15) is 33.1 Å². The third kappa shape index (κ3) is 3.18. The number of nitrogens with zero attached hydrogens (tertiary/aromatic N) is 1. The van der Waals surface area contributed by atoms with Crippen LogP contribution in [0.25, 0.3) is 0 Å². The minimum atomic E-state index is -0.142. The van der Waals surface area contributed by atoms with Gasteiger partial charge < -0.3 is 15.4 Å². The molecule has 0 spiro atoms. The number of fused-ring (bicyclic) bond motifs is 1. The molecule has 0 amide bonds. The van der Waals surface area contributed by atoms with E-state index in [4.69, 9.17) is 34.3 Å². The van der Waals surface area contributed by atoms with Gasteiger partial charge in [0.05, 0.1) is 17.2 Å². The number of benzene rings is 1. The van der Waals surface area contributed by atoms with Crippen molar-refractivity contribution in [2.24, 2.45) is 5.73 Å². The summed E-state index contributed by atoms with van der Waals surface area (Å²) in [7, 11) is 0. The molecule has 3 nitrogen and oxygen atoms in total. The Morgan fingerprint density at radius 1 is 1.45 bits per heavy atom. The van der Waals surface area contributed by atoms with E-state index in [1.807, 2.05) is 18.2 Å². The monoisotopic (exact) mass is 312 g/mol. The molecule has 0 radical (unpaired) electrons. The third-order valence-electron chi connectivity index (χ3n) is 3.98. The van der Waals surface area contributed by atoms with Gasteiger partial charge in [-0.15, -0.1) is 0 Å². The van der Waals surface area contributed by atoms with E-state index in [-0.39, 0.29) is 5.60 Å². The van der Waals surface area contributed by atoms with E-state index in [2.05, 4.69) is 18.7 Å². The van der Waals surface area contributed by atoms with Crippen molar-refractivity contribution in [3.8, 4) is 5.75 Å². The molecule has 5 heteroatoms. The number of ether oxygens (including phenoxy) is 1. The Kier molecular flexibility index (Phi) is 4.76. The zero-order valence-corrected chi connectivity index (χ0v) is 13.6. The predicted octanol–water partition coefficient (Wildman–Crippen LogP) is 3.77. The lowest BCUT2D eigenvalue weighted by atomic mass is 9.94. The molecule has 0 atom stereocenters. The second-order valence-electron chi connectivity index (χ2n) is 5.24. The maximum Gasteiger partial charge on any atom is 0.143 e. The first kappa shape index (κ1) is 15.4. The summed E-state index contributed by atoms with van der Waals surface area (Å²) in [6.45, 7) is 5.97. The Morgan fingerprint density at radius 3 is 2.75 bits per heavy atom. The number of thiocarbonyl (C=S) groups is 1. The average molecular weight is 313 g/mol. The molecule has 1 aliphatic heterocycles. The topological polar surface area (TPSA) is 38.5 Å². The van der Waals surface area contributed by atoms with Crippen LogP contribution in [0.3, 0.4) is 0 Å². The SMILES string of the molecule is CCC1(CC)CN(CCC(N)=S)c2cc(Cl)ccc2O1. The molecule has 0 fully saturated rings. The van der Waals surface area contributed by atoms with Gasteiger partial charge in [0.25, 0.3) is 0 Å². The molecule has 0 saturated carbocycles. The van der Waals surface area contributed by atoms with Crippen molar-refractivity contribution >= 4 is 34.5 Å². The normalized spacial score (nSPS) is 16.4. The fourth-order valence-corrected chi connectivity index (χ4v) is 2.84. The second-order valence-corrected chi connectivity index (χ2v) is 6.20. The van der Waals surface area contributed by atoms with Crippen molar-refractivity contribution in [1.82, 2.24) is 0 Å². The van der Waals surface area contributed by atoms with Gasteiger partial charge in [-0.3, -0.25) is 0 Å². The van der Waals surface area contributed by atoms with Crippen LogP contribution in [-0.4, -0.2) is 23.7 Å². The van der Waals surface area contributed by atoms with E-state index in [9.17, 15) is 0 Å². The van der Waals surface area contributed by atoms with Crippen LogP contribution in [0.2, 0.25) is 5.02 Å². The van der Waals surface area contributed by atoms with Gasteiger partial charge in [-0.1, -0.05) is 37.7 Å². The van der Waals surface area contributed by atoms with E-state index >= 15 is 0 Å². The van der Waals surface area contributed by atoms with Crippen LogP contribution in [0.15, 0.2) is 18.2 Å². The highest BCUT2D eigenvalue weighted by molar-refractivity contribution is 7.80. The molecule has 2 rings (SSSR count). The van der Waals surface area contributed by atoms with E-state index < -0.39 is 0 Å². The van der Waals surface area contributed by atoms with Crippen LogP contribution in [0, 0.1) is 0 Å². The fraction of sp³-hybridized carbons (Fsp3) is 0.533. The second kappa shape index (κ2) is 6.19. The largest absolute Gasteiger partial charge is 0.483 e. The number of anilines is 1. The van der Waals surface area contributed by atoms with Gasteiger partial charge >= 0.3 is 0 Å². The fourth-order valence-electron chi connectivity index (χ4n) is 2.59. The van der Waals surface area contributed by atoms with Crippen molar-refractivity contribution in [1.29, 1.82) is 0 Å². The van der Waals surface area contributed by atoms with Crippen molar-refractivity contribution in [3.05, 3.63) is 23.2 Å². The summed E-state index contributed by atoms with van der Waals surface area (Å²) in [5, 5.41) is 0.716. The standard InChI is InChI=1S/C15H21ClN2OS/c1-3-15(4-2)10-18(8-7-14(17)20)12-9-11(16)5-6-13(12)19-15/h5-6,9H,3-4,7-8,10H2,1-2H3,(H2,17,20). The molecule has 1 heterocycles. The predicted molar refractivity (Wildman–Crippen MR) is 89.0 cm³/mol. The van der Waals surface area contributed by atoms with Gasteiger partial charge in [0.15, 0.2) is 0 Å².